The minimum absolute atomic E-state index is 0.0149. The van der Waals surface area contributed by atoms with E-state index in [2.05, 4.69) is 10.6 Å². The first-order valence-corrected chi connectivity index (χ1v) is 10.0. The lowest BCUT2D eigenvalue weighted by atomic mass is 10.2. The van der Waals surface area contributed by atoms with Crippen molar-refractivity contribution in [3.8, 4) is 11.5 Å². The van der Waals surface area contributed by atoms with Crippen LogP contribution in [0.15, 0.2) is 33.9 Å². The fourth-order valence-corrected chi connectivity index (χ4v) is 2.80. The van der Waals surface area contributed by atoms with Crippen molar-refractivity contribution in [1.82, 2.24) is 14.5 Å². The third kappa shape index (κ3) is 6.94. The molecule has 0 fully saturated rings. The first-order valence-electron chi connectivity index (χ1n) is 10.0. The average Bonchev–Trinajstić information content (AvgIpc) is 2.74. The largest absolute Gasteiger partial charge is 0.490 e. The van der Waals surface area contributed by atoms with E-state index in [1.54, 1.807) is 7.05 Å². The lowest BCUT2D eigenvalue weighted by Crippen LogP contribution is -2.38. The molecule has 2 N–H and O–H groups in total. The van der Waals surface area contributed by atoms with E-state index in [-0.39, 0.29) is 22.7 Å². The molecular weight excluding hydrogens is 422 g/mol. The predicted octanol–water partition coefficient (Wildman–Crippen LogP) is 0.778. The molecule has 2 rings (SSSR count). The van der Waals surface area contributed by atoms with E-state index in [0.717, 1.165) is 23.6 Å². The summed E-state index contributed by atoms with van der Waals surface area (Å²) in [5.74, 6) is 0.146. The number of carbonyl (C=O) groups is 1. The fraction of sp³-hybridized carbons (Fsp3) is 0.450. The van der Waals surface area contributed by atoms with Gasteiger partial charge in [-0.15, -0.1) is 0 Å². The summed E-state index contributed by atoms with van der Waals surface area (Å²) in [6, 6.07) is 5.23. The number of hydrogen-bond donors (Lipinski definition) is 2. The molecule has 0 aliphatic carbocycles. The second-order valence-electron chi connectivity index (χ2n) is 6.98. The summed E-state index contributed by atoms with van der Waals surface area (Å²) in [7, 11) is 3.02. The van der Waals surface area contributed by atoms with Gasteiger partial charge in [-0.1, -0.05) is 0 Å². The van der Waals surface area contributed by atoms with Gasteiger partial charge in [-0.25, -0.2) is 4.79 Å². The van der Waals surface area contributed by atoms with E-state index in [9.17, 15) is 24.5 Å². The summed E-state index contributed by atoms with van der Waals surface area (Å²) in [6.45, 7) is 3.44. The van der Waals surface area contributed by atoms with Crippen LogP contribution in [0.5, 0.6) is 11.5 Å². The smallest absolute Gasteiger partial charge is 0.332 e. The number of non-ortho nitro benzene ring substituents is 1. The summed E-state index contributed by atoms with van der Waals surface area (Å²) in [6.07, 6.45) is 1.51. The first kappa shape index (κ1) is 24.6. The monoisotopic (exact) mass is 449 g/mol. The Morgan fingerprint density at radius 1 is 1.06 bits per heavy atom. The van der Waals surface area contributed by atoms with E-state index in [4.69, 9.17) is 9.47 Å². The normalized spacial score (nSPS) is 10.6. The minimum atomic E-state index is -0.593. The Labute approximate surface area is 183 Å². The molecule has 0 amide bonds. The van der Waals surface area contributed by atoms with Crippen molar-refractivity contribution in [2.75, 3.05) is 31.6 Å². The topological polar surface area (TPSA) is 147 Å². The molecule has 0 spiro atoms. The summed E-state index contributed by atoms with van der Waals surface area (Å²) in [4.78, 5) is 45.1. The highest BCUT2D eigenvalue weighted by Gasteiger charge is 2.14. The zero-order chi connectivity index (χ0) is 23.7. The number of unbranched alkanes of at least 4 members (excludes halogenated alkanes) is 1. The predicted molar refractivity (Wildman–Crippen MR) is 117 cm³/mol. The van der Waals surface area contributed by atoms with E-state index in [1.807, 2.05) is 0 Å². The quantitative estimate of drug-likeness (QED) is 0.158. The number of nitrogens with one attached hydrogen (secondary N) is 2. The Kier molecular flexibility index (Phi) is 8.95. The zero-order valence-electron chi connectivity index (χ0n) is 18.3. The molecule has 0 bridgehead atoms. The molecule has 12 heteroatoms. The van der Waals surface area contributed by atoms with Crippen LogP contribution in [0.1, 0.15) is 19.8 Å². The molecule has 0 unspecified atom stereocenters. The van der Waals surface area contributed by atoms with E-state index in [0.29, 0.717) is 31.9 Å². The summed E-state index contributed by atoms with van der Waals surface area (Å²) >= 11 is 0. The highest BCUT2D eigenvalue weighted by Crippen LogP contribution is 2.31. The van der Waals surface area contributed by atoms with Gasteiger partial charge in [0, 0.05) is 46.2 Å². The second-order valence-corrected chi connectivity index (χ2v) is 6.98. The van der Waals surface area contributed by atoms with Crippen molar-refractivity contribution in [2.24, 2.45) is 14.1 Å². The molecule has 0 aliphatic rings. The number of nitro groups is 1. The van der Waals surface area contributed by atoms with Crippen LogP contribution in [0.2, 0.25) is 0 Å². The number of nitro benzene ring substituents is 1. The molecule has 12 nitrogen and oxygen atoms in total. The van der Waals surface area contributed by atoms with E-state index < -0.39 is 16.6 Å². The SMILES string of the molecule is CC(=O)Oc1cc([N+](=O)[O-])ccc1OCCCCNCCNc1cc(=O)n(C)c(=O)n1C. The van der Waals surface area contributed by atoms with Gasteiger partial charge in [0.05, 0.1) is 17.6 Å². The average molecular weight is 449 g/mol. The van der Waals surface area contributed by atoms with Crippen LogP contribution in [-0.2, 0) is 18.9 Å². The Bertz CT molecular complexity index is 1080. The van der Waals surface area contributed by atoms with Gasteiger partial charge >= 0.3 is 11.7 Å². The molecule has 2 aromatic rings. The van der Waals surface area contributed by atoms with Gasteiger partial charge in [0.15, 0.2) is 11.5 Å². The van der Waals surface area contributed by atoms with Gasteiger partial charge in [-0.3, -0.25) is 28.8 Å². The number of carbonyl (C=O) groups excluding carboxylic acids is 1. The highest BCUT2D eigenvalue weighted by molar-refractivity contribution is 5.71. The van der Waals surface area contributed by atoms with Crippen molar-refractivity contribution in [3.63, 3.8) is 0 Å². The van der Waals surface area contributed by atoms with Crippen LogP contribution >= 0.6 is 0 Å². The number of nitrogens with zero attached hydrogens (tertiary/aromatic N) is 3. The fourth-order valence-electron chi connectivity index (χ4n) is 2.80. The Morgan fingerprint density at radius 2 is 1.81 bits per heavy atom. The lowest BCUT2D eigenvalue weighted by Gasteiger charge is -2.12. The molecule has 1 aromatic heterocycles. The number of hydrogen-bond acceptors (Lipinski definition) is 9. The Balaban J connectivity index is 1.69. The number of aromatic nitrogens is 2. The highest BCUT2D eigenvalue weighted by atomic mass is 16.6. The summed E-state index contributed by atoms with van der Waals surface area (Å²) < 4.78 is 13.0. The van der Waals surface area contributed by atoms with Crippen molar-refractivity contribution in [1.29, 1.82) is 0 Å². The maximum absolute atomic E-state index is 11.9. The number of esters is 1. The van der Waals surface area contributed by atoms with Crippen molar-refractivity contribution < 1.29 is 19.2 Å². The molecule has 0 aliphatic heterocycles. The van der Waals surface area contributed by atoms with Gasteiger partial charge in [-0.2, -0.15) is 0 Å². The maximum Gasteiger partial charge on any atom is 0.332 e. The van der Waals surface area contributed by atoms with E-state index in [1.165, 1.54) is 36.7 Å². The van der Waals surface area contributed by atoms with Crippen LogP contribution in [0.25, 0.3) is 0 Å². The van der Waals surface area contributed by atoms with Crippen LogP contribution < -0.4 is 31.4 Å². The molecular formula is C20H27N5O7. The molecule has 32 heavy (non-hydrogen) atoms. The van der Waals surface area contributed by atoms with Gasteiger partial charge in [0.1, 0.15) is 5.82 Å². The van der Waals surface area contributed by atoms with Crippen LogP contribution in [-0.4, -0.2) is 46.3 Å². The van der Waals surface area contributed by atoms with Crippen LogP contribution in [0.3, 0.4) is 0 Å². The van der Waals surface area contributed by atoms with Gasteiger partial charge in [0.2, 0.25) is 0 Å². The number of rotatable bonds is 12. The second kappa shape index (κ2) is 11.6. The van der Waals surface area contributed by atoms with E-state index >= 15 is 0 Å². The first-order chi connectivity index (χ1) is 15.2. The van der Waals surface area contributed by atoms with Crippen LogP contribution in [0.4, 0.5) is 11.5 Å². The van der Waals surface area contributed by atoms with Crippen molar-refractivity contribution >= 4 is 17.5 Å². The van der Waals surface area contributed by atoms with Crippen LogP contribution in [0, 0.1) is 10.1 Å². The van der Waals surface area contributed by atoms with Gasteiger partial charge in [-0.05, 0) is 25.5 Å². The molecule has 0 atom stereocenters. The third-order valence-corrected chi connectivity index (χ3v) is 4.53. The van der Waals surface area contributed by atoms with Crippen molar-refractivity contribution in [2.45, 2.75) is 19.8 Å². The summed E-state index contributed by atoms with van der Waals surface area (Å²) in [5.41, 5.74) is -0.950. The molecule has 174 valence electrons. The Morgan fingerprint density at radius 3 is 2.50 bits per heavy atom. The van der Waals surface area contributed by atoms with Crippen molar-refractivity contribution in [3.05, 3.63) is 55.2 Å². The Hall–Kier alpha value is -3.67. The van der Waals surface area contributed by atoms with Gasteiger partial charge < -0.3 is 20.1 Å². The number of anilines is 1. The number of ether oxygens (including phenoxy) is 2. The zero-order valence-corrected chi connectivity index (χ0v) is 18.3. The van der Waals surface area contributed by atoms with Gasteiger partial charge in [0.25, 0.3) is 11.2 Å². The summed E-state index contributed by atoms with van der Waals surface area (Å²) in [5, 5.41) is 17.2. The lowest BCUT2D eigenvalue weighted by molar-refractivity contribution is -0.384. The maximum atomic E-state index is 11.9. The minimum Gasteiger partial charge on any atom is -0.490 e. The molecule has 1 heterocycles. The number of benzene rings is 1. The molecule has 0 saturated heterocycles. The molecule has 1 aromatic carbocycles. The molecule has 0 saturated carbocycles. The molecule has 0 radical (unpaired) electrons. The third-order valence-electron chi connectivity index (χ3n) is 4.53. The standard InChI is InChI=1S/C20H27N5O7/c1-14(26)32-17-12-15(25(29)30)6-7-16(17)31-11-5-4-8-21-9-10-22-18-13-19(27)24(3)20(28)23(18)2/h6-7,12-13,21-22H,4-5,8-11H2,1-3H3.